The third kappa shape index (κ3) is 4.28. The van der Waals surface area contributed by atoms with Gasteiger partial charge in [-0.1, -0.05) is 42.5 Å². The first-order chi connectivity index (χ1) is 13.7. The maximum atomic E-state index is 5.86. The summed E-state index contributed by atoms with van der Waals surface area (Å²) in [7, 11) is 1.68. The van der Waals surface area contributed by atoms with E-state index in [1.54, 1.807) is 7.11 Å². The number of hydrazine groups is 1. The van der Waals surface area contributed by atoms with Crippen LogP contribution < -0.4 is 10.2 Å². The number of rotatable bonds is 6. The lowest BCUT2D eigenvalue weighted by atomic mass is 10.1. The van der Waals surface area contributed by atoms with Gasteiger partial charge in [0.25, 0.3) is 0 Å². The number of morpholine rings is 1. The average Bonchev–Trinajstić information content (AvgIpc) is 3.05. The zero-order valence-corrected chi connectivity index (χ0v) is 16.9. The van der Waals surface area contributed by atoms with Crippen molar-refractivity contribution >= 4 is 17.3 Å². The van der Waals surface area contributed by atoms with Crippen LogP contribution in [0, 0.1) is 0 Å². The molecule has 0 amide bonds. The Labute approximate surface area is 171 Å². The van der Waals surface area contributed by atoms with Crippen LogP contribution in [-0.4, -0.2) is 60.0 Å². The quantitative estimate of drug-likeness (QED) is 0.750. The van der Waals surface area contributed by atoms with Gasteiger partial charge in [-0.15, -0.1) is 0 Å². The number of nitrogens with one attached hydrogen (secondary N) is 1. The van der Waals surface area contributed by atoms with Crippen molar-refractivity contribution in [3.05, 3.63) is 65.7 Å². The van der Waals surface area contributed by atoms with Crippen LogP contribution in [0.1, 0.15) is 17.3 Å². The van der Waals surface area contributed by atoms with E-state index >= 15 is 0 Å². The van der Waals surface area contributed by atoms with Gasteiger partial charge in [0.15, 0.2) is 5.11 Å². The Morgan fingerprint density at radius 3 is 2.46 bits per heavy atom. The van der Waals surface area contributed by atoms with E-state index in [-0.39, 0.29) is 6.17 Å². The number of hydrogen-bond donors (Lipinski definition) is 1. The zero-order valence-electron chi connectivity index (χ0n) is 16.1. The first-order valence-corrected chi connectivity index (χ1v) is 9.98. The molecule has 2 aromatic carbocycles. The zero-order chi connectivity index (χ0) is 19.3. The summed E-state index contributed by atoms with van der Waals surface area (Å²) in [4.78, 5) is 4.60. The van der Waals surface area contributed by atoms with E-state index in [1.807, 2.05) is 18.2 Å². The molecular formula is C21H26N4O2S. The summed E-state index contributed by atoms with van der Waals surface area (Å²) in [5.41, 5.74) is 6.00. The minimum absolute atomic E-state index is 0.0142. The van der Waals surface area contributed by atoms with Gasteiger partial charge >= 0.3 is 0 Å². The molecule has 0 radical (unpaired) electrons. The van der Waals surface area contributed by atoms with Crippen molar-refractivity contribution in [1.82, 2.24) is 20.2 Å². The molecule has 0 saturated carbocycles. The highest BCUT2D eigenvalue weighted by atomic mass is 32.1. The topological polar surface area (TPSA) is 40.2 Å². The Balaban J connectivity index is 1.55. The lowest BCUT2D eigenvalue weighted by Gasteiger charge is -2.31. The number of thiocarbonyl (C=S) groups is 1. The maximum absolute atomic E-state index is 5.86. The predicted molar refractivity (Wildman–Crippen MR) is 113 cm³/mol. The van der Waals surface area contributed by atoms with E-state index in [2.05, 4.69) is 56.6 Å². The predicted octanol–water partition coefficient (Wildman–Crippen LogP) is 2.59. The highest BCUT2D eigenvalue weighted by Gasteiger charge is 2.35. The highest BCUT2D eigenvalue weighted by molar-refractivity contribution is 7.80. The summed E-state index contributed by atoms with van der Waals surface area (Å²) >= 11 is 5.86. The average molecular weight is 399 g/mol. The molecule has 2 heterocycles. The largest absolute Gasteiger partial charge is 0.497 e. The van der Waals surface area contributed by atoms with Crippen LogP contribution in [0.5, 0.6) is 5.75 Å². The van der Waals surface area contributed by atoms with Gasteiger partial charge in [0.1, 0.15) is 11.9 Å². The van der Waals surface area contributed by atoms with Crippen molar-refractivity contribution in [2.24, 2.45) is 0 Å². The van der Waals surface area contributed by atoms with Crippen LogP contribution in [0.25, 0.3) is 0 Å². The molecule has 2 fully saturated rings. The number of benzene rings is 2. The van der Waals surface area contributed by atoms with E-state index in [0.29, 0.717) is 0 Å². The Morgan fingerprint density at radius 1 is 1.07 bits per heavy atom. The molecule has 4 rings (SSSR count). The van der Waals surface area contributed by atoms with E-state index in [9.17, 15) is 0 Å². The summed E-state index contributed by atoms with van der Waals surface area (Å²) in [6.07, 6.45) is -0.0142. The number of nitrogens with zero attached hydrogens (tertiary/aromatic N) is 3. The molecule has 1 atom stereocenters. The van der Waals surface area contributed by atoms with E-state index in [1.165, 1.54) is 5.56 Å². The summed E-state index contributed by atoms with van der Waals surface area (Å²) < 4.78 is 10.8. The van der Waals surface area contributed by atoms with Crippen LogP contribution in [0.15, 0.2) is 54.6 Å². The molecule has 0 aromatic heterocycles. The van der Waals surface area contributed by atoms with Gasteiger partial charge in [-0.05, 0) is 35.5 Å². The number of methoxy groups -OCH3 is 1. The fourth-order valence-electron chi connectivity index (χ4n) is 3.56. The molecule has 7 heteroatoms. The minimum Gasteiger partial charge on any atom is -0.497 e. The molecule has 0 unspecified atom stereocenters. The van der Waals surface area contributed by atoms with Crippen molar-refractivity contribution in [2.75, 3.05) is 40.1 Å². The second-order valence-electron chi connectivity index (χ2n) is 7.00. The Bertz CT molecular complexity index is 781. The second kappa shape index (κ2) is 8.87. The molecular weight excluding hydrogens is 372 g/mol. The lowest BCUT2D eigenvalue weighted by molar-refractivity contribution is 0.0157. The van der Waals surface area contributed by atoms with Gasteiger partial charge in [0.05, 0.1) is 27.0 Å². The van der Waals surface area contributed by atoms with Crippen molar-refractivity contribution in [3.8, 4) is 5.75 Å². The third-order valence-corrected chi connectivity index (χ3v) is 5.59. The fraction of sp³-hybridized carbons (Fsp3) is 0.381. The molecule has 2 saturated heterocycles. The van der Waals surface area contributed by atoms with E-state index in [4.69, 9.17) is 21.7 Å². The summed E-state index contributed by atoms with van der Waals surface area (Å²) in [5.74, 6) is 0.851. The lowest BCUT2D eigenvalue weighted by Crippen LogP contribution is -2.48. The molecule has 0 spiro atoms. The van der Waals surface area contributed by atoms with Crippen molar-refractivity contribution < 1.29 is 9.47 Å². The molecule has 0 bridgehead atoms. The molecule has 6 nitrogen and oxygen atoms in total. The SMILES string of the molecule is COc1ccc([C@@H]2NN(CN3CCOCC3)C(=S)N2Cc2ccccc2)cc1. The number of ether oxygens (including phenoxy) is 2. The van der Waals surface area contributed by atoms with Crippen LogP contribution in [-0.2, 0) is 11.3 Å². The summed E-state index contributed by atoms with van der Waals surface area (Å²) in [6.45, 7) is 4.90. The molecule has 2 aliphatic heterocycles. The van der Waals surface area contributed by atoms with Crippen LogP contribution in [0.3, 0.4) is 0 Å². The molecule has 0 aliphatic carbocycles. The molecule has 2 aromatic rings. The van der Waals surface area contributed by atoms with E-state index < -0.39 is 0 Å². The standard InChI is InChI=1S/C21H26N4O2S/c1-26-19-9-7-18(8-10-19)20-22-25(16-23-11-13-27-14-12-23)21(28)24(20)15-17-5-3-2-4-6-17/h2-10,20,22H,11-16H2,1H3/t20-/m1/s1. The van der Waals surface area contributed by atoms with Crippen LogP contribution >= 0.6 is 12.2 Å². The molecule has 148 valence electrons. The summed E-state index contributed by atoms with van der Waals surface area (Å²) in [6, 6.07) is 18.6. The highest BCUT2D eigenvalue weighted by Crippen LogP contribution is 2.29. The van der Waals surface area contributed by atoms with Gasteiger partial charge in [-0.25, -0.2) is 5.43 Å². The molecule has 28 heavy (non-hydrogen) atoms. The van der Waals surface area contributed by atoms with Gasteiger partial charge in [0, 0.05) is 19.6 Å². The summed E-state index contributed by atoms with van der Waals surface area (Å²) in [5, 5.41) is 2.90. The fourth-order valence-corrected chi connectivity index (χ4v) is 3.84. The Morgan fingerprint density at radius 2 is 1.79 bits per heavy atom. The van der Waals surface area contributed by atoms with Crippen LogP contribution in [0.2, 0.25) is 0 Å². The first kappa shape index (κ1) is 19.1. The van der Waals surface area contributed by atoms with Crippen molar-refractivity contribution in [1.29, 1.82) is 0 Å². The van der Waals surface area contributed by atoms with Gasteiger partial charge < -0.3 is 14.4 Å². The molecule has 2 aliphatic rings. The Kier molecular flexibility index (Phi) is 6.07. The van der Waals surface area contributed by atoms with Gasteiger partial charge in [0.2, 0.25) is 0 Å². The smallest absolute Gasteiger partial charge is 0.189 e. The minimum atomic E-state index is -0.0142. The second-order valence-corrected chi connectivity index (χ2v) is 7.37. The van der Waals surface area contributed by atoms with Crippen LogP contribution in [0.4, 0.5) is 0 Å². The van der Waals surface area contributed by atoms with Crippen molar-refractivity contribution in [2.45, 2.75) is 12.7 Å². The normalized spacial score (nSPS) is 20.6. The molecule has 1 N–H and O–H groups in total. The number of hydrogen-bond acceptors (Lipinski definition) is 5. The monoisotopic (exact) mass is 398 g/mol. The van der Waals surface area contributed by atoms with Crippen molar-refractivity contribution in [3.63, 3.8) is 0 Å². The van der Waals surface area contributed by atoms with Gasteiger partial charge in [-0.3, -0.25) is 9.91 Å². The maximum Gasteiger partial charge on any atom is 0.189 e. The first-order valence-electron chi connectivity index (χ1n) is 9.57. The Hall–Kier alpha value is -2.19. The van der Waals surface area contributed by atoms with Gasteiger partial charge in [-0.2, -0.15) is 0 Å². The van der Waals surface area contributed by atoms with E-state index in [0.717, 1.165) is 55.9 Å². The third-order valence-electron chi connectivity index (χ3n) is 5.14.